The average molecular weight is 456 g/mol. The molecule has 0 aliphatic carbocycles. The zero-order chi connectivity index (χ0) is 23.7. The van der Waals surface area contributed by atoms with Gasteiger partial charge in [0.15, 0.2) is 11.5 Å². The molecule has 9 nitrogen and oxygen atoms in total. The number of nitrogens with zero attached hydrogens (tertiary/aromatic N) is 6. The smallest absolute Gasteiger partial charge is 0.270 e. The first-order valence-corrected chi connectivity index (χ1v) is 11.1. The van der Waals surface area contributed by atoms with Gasteiger partial charge in [0.05, 0.1) is 11.9 Å². The lowest BCUT2D eigenvalue weighted by Crippen LogP contribution is -2.34. The second kappa shape index (κ2) is 9.03. The van der Waals surface area contributed by atoms with Crippen LogP contribution in [0.3, 0.4) is 0 Å². The Hall–Kier alpha value is -4.11. The number of nitrogens with two attached hydrogens (primary N) is 1. The van der Waals surface area contributed by atoms with Crippen molar-refractivity contribution in [1.29, 1.82) is 0 Å². The molecule has 172 valence electrons. The number of amides is 1. The Balaban J connectivity index is 1.37. The Morgan fingerprint density at radius 3 is 2.47 bits per heavy atom. The van der Waals surface area contributed by atoms with Gasteiger partial charge in [0.2, 0.25) is 5.89 Å². The summed E-state index contributed by atoms with van der Waals surface area (Å²) in [6, 6.07) is 17.2. The molecule has 1 atom stereocenters. The minimum atomic E-state index is 0.0410. The van der Waals surface area contributed by atoms with Gasteiger partial charge in [-0.3, -0.25) is 4.79 Å². The summed E-state index contributed by atoms with van der Waals surface area (Å²) in [5, 5.41) is 8.21. The number of carbonyl (C=O) groups is 1. The minimum Gasteiger partial charge on any atom is -0.414 e. The first-order valence-electron chi connectivity index (χ1n) is 11.1. The van der Waals surface area contributed by atoms with Crippen LogP contribution in [0.15, 0.2) is 65.2 Å². The molecule has 1 fully saturated rings. The van der Waals surface area contributed by atoms with Gasteiger partial charge < -0.3 is 20.0 Å². The van der Waals surface area contributed by atoms with Gasteiger partial charge >= 0.3 is 0 Å². The Bertz CT molecular complexity index is 1300. The van der Waals surface area contributed by atoms with Crippen LogP contribution in [0.4, 0.5) is 5.82 Å². The molecule has 1 saturated heterocycles. The highest BCUT2D eigenvalue weighted by Crippen LogP contribution is 2.28. The highest BCUT2D eigenvalue weighted by Gasteiger charge is 2.28. The normalized spacial score (nSPS) is 15.7. The third-order valence-corrected chi connectivity index (χ3v) is 6.06. The largest absolute Gasteiger partial charge is 0.414 e. The van der Waals surface area contributed by atoms with E-state index >= 15 is 0 Å². The molecule has 2 N–H and O–H groups in total. The maximum atomic E-state index is 12.9. The van der Waals surface area contributed by atoms with Crippen molar-refractivity contribution in [2.45, 2.75) is 12.5 Å². The summed E-state index contributed by atoms with van der Waals surface area (Å²) in [4.78, 5) is 25.9. The van der Waals surface area contributed by atoms with Crippen LogP contribution in [0.2, 0.25) is 0 Å². The molecule has 0 bridgehead atoms. The van der Waals surface area contributed by atoms with Gasteiger partial charge in [0.25, 0.3) is 11.8 Å². The van der Waals surface area contributed by atoms with Crippen LogP contribution in [0.1, 0.15) is 16.8 Å². The predicted molar refractivity (Wildman–Crippen MR) is 129 cm³/mol. The van der Waals surface area contributed by atoms with Crippen LogP contribution in [0, 0.1) is 0 Å². The molecule has 1 aliphatic rings. The molecule has 0 unspecified atom stereocenters. The molecule has 5 rings (SSSR count). The van der Waals surface area contributed by atoms with Crippen LogP contribution < -0.4 is 5.73 Å². The maximum absolute atomic E-state index is 12.9. The van der Waals surface area contributed by atoms with Crippen molar-refractivity contribution in [3.63, 3.8) is 0 Å². The van der Waals surface area contributed by atoms with Gasteiger partial charge in [0, 0.05) is 35.8 Å². The number of anilines is 1. The van der Waals surface area contributed by atoms with Crippen molar-refractivity contribution in [1.82, 2.24) is 30.0 Å². The first kappa shape index (κ1) is 21.7. The SMILES string of the molecule is CN(C)[C@H]1CCN(C(=O)c2ccc(-c3cnc(N)c(-c4nnc(-c5ccccc5)o4)n3)cc2)C1. The fraction of sp³-hybridized carbons (Fsp3) is 0.240. The van der Waals surface area contributed by atoms with E-state index in [1.807, 2.05) is 73.6 Å². The van der Waals surface area contributed by atoms with Gasteiger partial charge in [-0.15, -0.1) is 10.2 Å². The first-order chi connectivity index (χ1) is 16.5. The van der Waals surface area contributed by atoms with E-state index in [1.54, 1.807) is 6.20 Å². The summed E-state index contributed by atoms with van der Waals surface area (Å²) in [6.07, 6.45) is 2.58. The maximum Gasteiger partial charge on any atom is 0.270 e. The zero-order valence-corrected chi connectivity index (χ0v) is 19.0. The van der Waals surface area contributed by atoms with Crippen molar-refractivity contribution >= 4 is 11.7 Å². The number of hydrogen-bond acceptors (Lipinski definition) is 8. The van der Waals surface area contributed by atoms with E-state index in [2.05, 4.69) is 25.1 Å². The highest BCUT2D eigenvalue weighted by atomic mass is 16.4. The molecule has 3 heterocycles. The Labute approximate surface area is 197 Å². The molecule has 1 aliphatic heterocycles. The number of likely N-dealkylation sites (N-methyl/N-ethyl adjacent to an activating group) is 1. The summed E-state index contributed by atoms with van der Waals surface area (Å²) < 4.78 is 5.80. The lowest BCUT2D eigenvalue weighted by atomic mass is 10.1. The van der Waals surface area contributed by atoms with Crippen LogP contribution in [-0.2, 0) is 0 Å². The van der Waals surface area contributed by atoms with Crippen LogP contribution in [0.25, 0.3) is 34.3 Å². The molecule has 2 aromatic heterocycles. The molecule has 9 heteroatoms. The molecule has 0 saturated carbocycles. The van der Waals surface area contributed by atoms with E-state index in [-0.39, 0.29) is 17.6 Å². The quantitative estimate of drug-likeness (QED) is 0.488. The van der Waals surface area contributed by atoms with Crippen LogP contribution in [0.5, 0.6) is 0 Å². The molecular weight excluding hydrogens is 430 g/mol. The summed E-state index contributed by atoms with van der Waals surface area (Å²) >= 11 is 0. The number of carbonyl (C=O) groups excluding carboxylic acids is 1. The second-order valence-electron chi connectivity index (χ2n) is 8.50. The lowest BCUT2D eigenvalue weighted by molar-refractivity contribution is 0.0783. The zero-order valence-electron chi connectivity index (χ0n) is 19.0. The van der Waals surface area contributed by atoms with Crippen molar-refractivity contribution < 1.29 is 9.21 Å². The van der Waals surface area contributed by atoms with Gasteiger partial charge in [-0.05, 0) is 44.8 Å². The monoisotopic (exact) mass is 455 g/mol. The van der Waals surface area contributed by atoms with Gasteiger partial charge in [-0.1, -0.05) is 30.3 Å². The number of aromatic nitrogens is 4. The summed E-state index contributed by atoms with van der Waals surface area (Å²) in [5.74, 6) is 0.813. The molecule has 1 amide bonds. The summed E-state index contributed by atoms with van der Waals surface area (Å²) in [6.45, 7) is 1.51. The molecular formula is C25H25N7O2. The standard InChI is InChI=1S/C25H25N7O2/c1-31(2)19-12-13-32(15-19)25(33)18-10-8-16(9-11-18)20-14-27-22(26)21(28-20)24-30-29-23(34-24)17-6-4-3-5-7-17/h3-11,14,19H,12-13,15H2,1-2H3,(H2,26,27)/t19-/m0/s1. The van der Waals surface area contributed by atoms with E-state index in [0.717, 1.165) is 30.6 Å². The number of hydrogen-bond donors (Lipinski definition) is 1. The van der Waals surface area contributed by atoms with E-state index in [1.165, 1.54) is 0 Å². The number of nitrogen functional groups attached to an aromatic ring is 1. The van der Waals surface area contributed by atoms with Crippen LogP contribution in [-0.4, -0.2) is 69.1 Å². The van der Waals surface area contributed by atoms with Crippen molar-refractivity contribution in [3.05, 3.63) is 66.4 Å². The van der Waals surface area contributed by atoms with E-state index in [4.69, 9.17) is 10.2 Å². The Kier molecular flexibility index (Phi) is 5.77. The van der Waals surface area contributed by atoms with Gasteiger partial charge in [-0.2, -0.15) is 0 Å². The van der Waals surface area contributed by atoms with E-state index in [9.17, 15) is 4.79 Å². The fourth-order valence-corrected chi connectivity index (χ4v) is 4.03. The second-order valence-corrected chi connectivity index (χ2v) is 8.50. The van der Waals surface area contributed by atoms with Crippen molar-refractivity contribution in [2.75, 3.05) is 32.9 Å². The lowest BCUT2D eigenvalue weighted by Gasteiger charge is -2.20. The van der Waals surface area contributed by atoms with Crippen molar-refractivity contribution in [2.24, 2.45) is 0 Å². The molecule has 0 radical (unpaired) electrons. The highest BCUT2D eigenvalue weighted by molar-refractivity contribution is 5.95. The molecule has 2 aromatic carbocycles. The third kappa shape index (κ3) is 4.25. The summed E-state index contributed by atoms with van der Waals surface area (Å²) in [7, 11) is 4.10. The van der Waals surface area contributed by atoms with E-state index in [0.29, 0.717) is 28.9 Å². The third-order valence-electron chi connectivity index (χ3n) is 6.06. The molecule has 4 aromatic rings. The molecule has 34 heavy (non-hydrogen) atoms. The summed E-state index contributed by atoms with van der Waals surface area (Å²) in [5.41, 5.74) is 9.23. The Morgan fingerprint density at radius 2 is 1.76 bits per heavy atom. The Morgan fingerprint density at radius 1 is 1.03 bits per heavy atom. The van der Waals surface area contributed by atoms with E-state index < -0.39 is 0 Å². The number of benzene rings is 2. The average Bonchev–Trinajstić information content (AvgIpc) is 3.55. The molecule has 0 spiro atoms. The topological polar surface area (TPSA) is 114 Å². The minimum absolute atomic E-state index is 0.0410. The fourth-order valence-electron chi connectivity index (χ4n) is 4.03. The van der Waals surface area contributed by atoms with Crippen molar-refractivity contribution in [3.8, 4) is 34.3 Å². The number of rotatable bonds is 5. The van der Waals surface area contributed by atoms with Gasteiger partial charge in [-0.25, -0.2) is 9.97 Å². The van der Waals surface area contributed by atoms with Crippen LogP contribution >= 0.6 is 0 Å². The predicted octanol–water partition coefficient (Wildman–Crippen LogP) is 3.22. The van der Waals surface area contributed by atoms with Gasteiger partial charge in [0.1, 0.15) is 0 Å². The number of likely N-dealkylation sites (tertiary alicyclic amines) is 1.